The van der Waals surface area contributed by atoms with Crippen LogP contribution in [0.1, 0.15) is 6.42 Å². The standard InChI is InChI=1S/C4H7N5OS/c10-3(1-2-11)5-4-6-8-9-7-4/h11H,1-2H2,(H2,5,6,7,8,9,10). The zero-order valence-electron chi connectivity index (χ0n) is 5.61. The first-order chi connectivity index (χ1) is 5.33. The van der Waals surface area contributed by atoms with Crippen molar-refractivity contribution in [3.8, 4) is 0 Å². The van der Waals surface area contributed by atoms with E-state index in [2.05, 4.69) is 38.6 Å². The molecule has 1 heterocycles. The number of thiol groups is 1. The maximum atomic E-state index is 10.8. The van der Waals surface area contributed by atoms with Crippen molar-refractivity contribution in [1.82, 2.24) is 20.6 Å². The Morgan fingerprint density at radius 3 is 3.09 bits per heavy atom. The maximum absolute atomic E-state index is 10.8. The lowest BCUT2D eigenvalue weighted by atomic mass is 10.4. The molecule has 1 aromatic rings. The van der Waals surface area contributed by atoms with Gasteiger partial charge in [0.25, 0.3) is 5.95 Å². The number of amides is 1. The number of hydrogen-bond donors (Lipinski definition) is 3. The first-order valence-corrected chi connectivity index (χ1v) is 3.60. The Balaban J connectivity index is 2.37. The Morgan fingerprint density at radius 2 is 2.55 bits per heavy atom. The molecule has 0 atom stereocenters. The molecule has 2 N–H and O–H groups in total. The lowest BCUT2D eigenvalue weighted by Gasteiger charge is -1.94. The number of carbonyl (C=O) groups excluding carboxylic acids is 1. The Morgan fingerprint density at radius 1 is 1.73 bits per heavy atom. The average molecular weight is 173 g/mol. The fourth-order valence-electron chi connectivity index (χ4n) is 0.503. The largest absolute Gasteiger partial charge is 0.292 e. The molecule has 0 saturated heterocycles. The van der Waals surface area contributed by atoms with Crippen LogP contribution in [-0.2, 0) is 4.79 Å². The van der Waals surface area contributed by atoms with Gasteiger partial charge in [-0.05, 0) is 11.0 Å². The molecule has 1 rings (SSSR count). The monoisotopic (exact) mass is 173 g/mol. The zero-order chi connectivity index (χ0) is 8.10. The number of tetrazole rings is 1. The molecule has 0 bridgehead atoms. The van der Waals surface area contributed by atoms with Gasteiger partial charge in [0.05, 0.1) is 0 Å². The molecule has 0 spiro atoms. The molecule has 0 aliphatic carbocycles. The minimum Gasteiger partial charge on any atom is -0.292 e. The van der Waals surface area contributed by atoms with Crippen LogP contribution in [0.4, 0.5) is 5.95 Å². The van der Waals surface area contributed by atoms with E-state index in [1.165, 1.54) is 0 Å². The molecule has 1 amide bonds. The molecule has 0 aliphatic rings. The Bertz CT molecular complexity index is 222. The van der Waals surface area contributed by atoms with E-state index in [1.54, 1.807) is 0 Å². The van der Waals surface area contributed by atoms with Crippen LogP contribution in [0.3, 0.4) is 0 Å². The SMILES string of the molecule is O=C(CCS)Nc1nn[nH]n1. The highest BCUT2D eigenvalue weighted by molar-refractivity contribution is 7.80. The third-order valence-electron chi connectivity index (χ3n) is 0.935. The van der Waals surface area contributed by atoms with Crippen molar-refractivity contribution in [3.63, 3.8) is 0 Å². The van der Waals surface area contributed by atoms with Gasteiger partial charge in [-0.25, -0.2) is 0 Å². The van der Waals surface area contributed by atoms with E-state index in [0.29, 0.717) is 12.2 Å². The number of anilines is 1. The minimum absolute atomic E-state index is 0.165. The Hall–Kier alpha value is -1.11. The van der Waals surface area contributed by atoms with Gasteiger partial charge < -0.3 is 0 Å². The van der Waals surface area contributed by atoms with E-state index in [9.17, 15) is 4.79 Å². The van der Waals surface area contributed by atoms with E-state index in [1.807, 2.05) is 0 Å². The predicted molar refractivity (Wildman–Crippen MR) is 41.3 cm³/mol. The van der Waals surface area contributed by atoms with Gasteiger partial charge in [0.2, 0.25) is 5.91 Å². The fraction of sp³-hybridized carbons (Fsp3) is 0.500. The van der Waals surface area contributed by atoms with Crippen molar-refractivity contribution < 1.29 is 4.79 Å². The Kier molecular flexibility index (Phi) is 2.84. The Labute approximate surface area is 68.2 Å². The summed E-state index contributed by atoms with van der Waals surface area (Å²) in [5.74, 6) is 0.530. The van der Waals surface area contributed by atoms with E-state index in [0.717, 1.165) is 0 Å². The number of nitrogens with zero attached hydrogens (tertiary/aromatic N) is 3. The molecule has 7 heteroatoms. The van der Waals surface area contributed by atoms with E-state index >= 15 is 0 Å². The summed E-state index contributed by atoms with van der Waals surface area (Å²) in [5.41, 5.74) is 0. The van der Waals surface area contributed by atoms with E-state index in [4.69, 9.17) is 0 Å². The van der Waals surface area contributed by atoms with Crippen LogP contribution in [-0.4, -0.2) is 32.3 Å². The van der Waals surface area contributed by atoms with Crippen molar-refractivity contribution in [1.29, 1.82) is 0 Å². The molecular weight excluding hydrogens is 166 g/mol. The van der Waals surface area contributed by atoms with Crippen LogP contribution in [0.5, 0.6) is 0 Å². The first-order valence-electron chi connectivity index (χ1n) is 2.97. The molecule has 11 heavy (non-hydrogen) atoms. The van der Waals surface area contributed by atoms with Gasteiger partial charge >= 0.3 is 0 Å². The predicted octanol–water partition coefficient (Wildman–Crippen LogP) is -0.542. The normalized spacial score (nSPS) is 9.55. The lowest BCUT2D eigenvalue weighted by Crippen LogP contribution is -2.12. The summed E-state index contributed by atoms with van der Waals surface area (Å²) in [6, 6.07) is 0. The summed E-state index contributed by atoms with van der Waals surface area (Å²) in [5, 5.41) is 15.0. The third kappa shape index (κ3) is 2.54. The number of nitrogens with one attached hydrogen (secondary N) is 2. The summed E-state index contributed by atoms with van der Waals surface area (Å²) in [4.78, 5) is 10.8. The van der Waals surface area contributed by atoms with Crippen LogP contribution >= 0.6 is 12.6 Å². The maximum Gasteiger partial charge on any atom is 0.269 e. The van der Waals surface area contributed by atoms with Gasteiger partial charge in [0.15, 0.2) is 0 Å². The van der Waals surface area contributed by atoms with Gasteiger partial charge in [-0.1, -0.05) is 5.10 Å². The second-order valence-corrected chi connectivity index (χ2v) is 2.20. The van der Waals surface area contributed by atoms with Gasteiger partial charge in [-0.3, -0.25) is 10.1 Å². The second kappa shape index (κ2) is 3.91. The van der Waals surface area contributed by atoms with E-state index < -0.39 is 0 Å². The minimum atomic E-state index is -0.165. The lowest BCUT2D eigenvalue weighted by molar-refractivity contribution is -0.115. The summed E-state index contributed by atoms with van der Waals surface area (Å²) in [6.45, 7) is 0. The van der Waals surface area contributed by atoms with Crippen molar-refractivity contribution in [2.24, 2.45) is 0 Å². The van der Waals surface area contributed by atoms with Crippen LogP contribution in [0, 0.1) is 0 Å². The molecule has 0 fully saturated rings. The van der Waals surface area contributed by atoms with Crippen molar-refractivity contribution in [2.75, 3.05) is 11.1 Å². The topological polar surface area (TPSA) is 83.6 Å². The van der Waals surface area contributed by atoms with Crippen LogP contribution in [0.2, 0.25) is 0 Å². The molecule has 0 saturated carbocycles. The van der Waals surface area contributed by atoms with Gasteiger partial charge in [0, 0.05) is 6.42 Å². The molecule has 0 aromatic carbocycles. The number of rotatable bonds is 3. The molecular formula is C4H7N5OS. The molecule has 60 valence electrons. The van der Waals surface area contributed by atoms with Crippen LogP contribution in [0.25, 0.3) is 0 Å². The summed E-state index contributed by atoms with van der Waals surface area (Å²) >= 11 is 3.89. The quantitative estimate of drug-likeness (QED) is 0.536. The van der Waals surface area contributed by atoms with Crippen LogP contribution < -0.4 is 5.32 Å². The number of hydrogen-bond acceptors (Lipinski definition) is 5. The highest BCUT2D eigenvalue weighted by Crippen LogP contribution is 1.92. The number of carbonyl (C=O) groups is 1. The van der Waals surface area contributed by atoms with Gasteiger partial charge in [-0.15, -0.1) is 5.10 Å². The van der Waals surface area contributed by atoms with Gasteiger partial charge in [-0.2, -0.15) is 17.8 Å². The zero-order valence-corrected chi connectivity index (χ0v) is 6.51. The average Bonchev–Trinajstić information content (AvgIpc) is 2.40. The summed E-state index contributed by atoms with van der Waals surface area (Å²) in [7, 11) is 0. The smallest absolute Gasteiger partial charge is 0.269 e. The molecule has 6 nitrogen and oxygen atoms in total. The molecule has 0 radical (unpaired) electrons. The van der Waals surface area contributed by atoms with Crippen molar-refractivity contribution >= 4 is 24.5 Å². The van der Waals surface area contributed by atoms with E-state index in [-0.39, 0.29) is 11.9 Å². The van der Waals surface area contributed by atoms with Crippen molar-refractivity contribution in [2.45, 2.75) is 6.42 Å². The van der Waals surface area contributed by atoms with Crippen molar-refractivity contribution in [3.05, 3.63) is 0 Å². The highest BCUT2D eigenvalue weighted by Gasteiger charge is 2.02. The fourth-order valence-corrected chi connectivity index (χ4v) is 0.707. The van der Waals surface area contributed by atoms with Crippen LogP contribution in [0.15, 0.2) is 0 Å². The number of aromatic amines is 1. The molecule has 1 aromatic heterocycles. The summed E-state index contributed by atoms with van der Waals surface area (Å²) in [6.07, 6.45) is 0.345. The highest BCUT2D eigenvalue weighted by atomic mass is 32.1. The second-order valence-electron chi connectivity index (χ2n) is 1.76. The molecule has 0 unspecified atom stereocenters. The number of H-pyrrole nitrogens is 1. The van der Waals surface area contributed by atoms with Gasteiger partial charge in [0.1, 0.15) is 0 Å². The number of aromatic nitrogens is 4. The summed E-state index contributed by atoms with van der Waals surface area (Å²) < 4.78 is 0. The molecule has 0 aliphatic heterocycles. The third-order valence-corrected chi connectivity index (χ3v) is 1.16. The first kappa shape index (κ1) is 7.99.